The number of benzene rings is 1. The molecule has 2 rings (SSSR count). The van der Waals surface area contributed by atoms with E-state index in [9.17, 15) is 17.6 Å². The summed E-state index contributed by atoms with van der Waals surface area (Å²) in [5, 5.41) is 10.6. The highest BCUT2D eigenvalue weighted by Crippen LogP contribution is 2.25. The zero-order valence-electron chi connectivity index (χ0n) is 9.84. The van der Waals surface area contributed by atoms with Gasteiger partial charge in [-0.05, 0) is 40.2 Å². The van der Waals surface area contributed by atoms with Crippen LogP contribution in [0.2, 0.25) is 0 Å². The van der Waals surface area contributed by atoms with Crippen molar-refractivity contribution in [1.29, 1.82) is 0 Å². The second-order valence-electron chi connectivity index (χ2n) is 3.94. The maximum atomic E-state index is 13.3. The van der Waals surface area contributed by atoms with Gasteiger partial charge in [0, 0.05) is 14.7 Å². The van der Waals surface area contributed by atoms with Gasteiger partial charge in [-0.2, -0.15) is 0 Å². The number of halogens is 2. The Morgan fingerprint density at radius 2 is 2.05 bits per heavy atom. The molecule has 1 heterocycles. The molecule has 1 aromatic heterocycles. The predicted octanol–water partition coefficient (Wildman–Crippen LogP) is 3.32. The normalized spacial score (nSPS) is 11.5. The van der Waals surface area contributed by atoms with Crippen molar-refractivity contribution in [2.45, 2.75) is 10.6 Å². The predicted molar refractivity (Wildman–Crippen MR) is 76.3 cm³/mol. The maximum Gasteiger partial charge on any atom is 0.338 e. The number of carboxylic acid groups (broad SMARTS) is 1. The number of hydrogen-bond acceptors (Lipinski definition) is 4. The van der Waals surface area contributed by atoms with Gasteiger partial charge in [0.05, 0.1) is 16.2 Å². The molecule has 0 aliphatic rings. The fourth-order valence-corrected chi connectivity index (χ4v) is 4.73. The zero-order chi connectivity index (χ0) is 14.9. The van der Waals surface area contributed by atoms with E-state index in [4.69, 9.17) is 5.11 Å². The number of thiophene rings is 1. The number of rotatable bonds is 4. The summed E-state index contributed by atoms with van der Waals surface area (Å²) in [5.41, 5.74) is -0.654. The third-order valence-corrected chi connectivity index (χ3v) is 6.02. The van der Waals surface area contributed by atoms with Crippen molar-refractivity contribution in [2.24, 2.45) is 0 Å². The van der Waals surface area contributed by atoms with Crippen LogP contribution in [0.5, 0.6) is 0 Å². The van der Waals surface area contributed by atoms with Crippen LogP contribution < -0.4 is 0 Å². The van der Waals surface area contributed by atoms with E-state index in [1.807, 2.05) is 0 Å². The highest BCUT2D eigenvalue weighted by Gasteiger charge is 2.20. The average Bonchev–Trinajstić information content (AvgIpc) is 2.73. The number of carboxylic acids is 1. The van der Waals surface area contributed by atoms with E-state index in [2.05, 4.69) is 15.9 Å². The van der Waals surface area contributed by atoms with Crippen molar-refractivity contribution in [3.8, 4) is 0 Å². The third kappa shape index (κ3) is 3.25. The van der Waals surface area contributed by atoms with Gasteiger partial charge in [-0.15, -0.1) is 11.3 Å². The lowest BCUT2D eigenvalue weighted by atomic mass is 10.2. The Kier molecular flexibility index (Phi) is 4.26. The third-order valence-electron chi connectivity index (χ3n) is 2.48. The van der Waals surface area contributed by atoms with E-state index >= 15 is 0 Å². The van der Waals surface area contributed by atoms with Crippen molar-refractivity contribution in [1.82, 2.24) is 0 Å². The van der Waals surface area contributed by atoms with Crippen LogP contribution in [-0.4, -0.2) is 19.5 Å². The molecule has 8 heteroatoms. The molecular weight excluding hydrogens is 371 g/mol. The average molecular weight is 379 g/mol. The Balaban J connectivity index is 2.39. The van der Waals surface area contributed by atoms with Crippen molar-refractivity contribution in [3.63, 3.8) is 0 Å². The van der Waals surface area contributed by atoms with Gasteiger partial charge in [0.25, 0.3) is 0 Å². The molecule has 0 spiro atoms. The Bertz CT molecular complexity index is 768. The standard InChI is InChI=1S/C12H8BrFO4S2/c13-7-3-8(19-5-7)6-20(17,18)9-1-2-11(14)10(4-9)12(15)16/h1-5H,6H2,(H,15,16). The van der Waals surface area contributed by atoms with E-state index in [1.165, 1.54) is 11.3 Å². The van der Waals surface area contributed by atoms with Crippen molar-refractivity contribution in [2.75, 3.05) is 0 Å². The molecule has 20 heavy (non-hydrogen) atoms. The fraction of sp³-hybridized carbons (Fsp3) is 0.0833. The summed E-state index contributed by atoms with van der Waals surface area (Å²) in [6, 6.07) is 4.43. The first-order valence-corrected chi connectivity index (χ1v) is 8.60. The first kappa shape index (κ1) is 15.1. The minimum atomic E-state index is -3.71. The van der Waals surface area contributed by atoms with Gasteiger partial charge >= 0.3 is 5.97 Å². The van der Waals surface area contributed by atoms with E-state index in [-0.39, 0.29) is 10.6 Å². The molecule has 0 fully saturated rings. The minimum absolute atomic E-state index is 0.208. The largest absolute Gasteiger partial charge is 0.478 e. The van der Waals surface area contributed by atoms with Crippen LogP contribution in [0.15, 0.2) is 39.0 Å². The van der Waals surface area contributed by atoms with Crippen molar-refractivity contribution < 1.29 is 22.7 Å². The van der Waals surface area contributed by atoms with Crippen LogP contribution in [0.4, 0.5) is 4.39 Å². The summed E-state index contributed by atoms with van der Waals surface area (Å²) in [4.78, 5) is 11.2. The highest BCUT2D eigenvalue weighted by molar-refractivity contribution is 9.10. The Labute approximate surface area is 126 Å². The molecule has 106 valence electrons. The Morgan fingerprint density at radius 1 is 1.35 bits per heavy atom. The maximum absolute atomic E-state index is 13.3. The summed E-state index contributed by atoms with van der Waals surface area (Å²) < 4.78 is 38.4. The summed E-state index contributed by atoms with van der Waals surface area (Å²) in [6.07, 6.45) is 0. The molecule has 0 amide bonds. The molecule has 0 bridgehead atoms. The highest BCUT2D eigenvalue weighted by atomic mass is 79.9. The second-order valence-corrected chi connectivity index (χ2v) is 7.84. The molecule has 0 saturated heterocycles. The van der Waals surface area contributed by atoms with Crippen LogP contribution >= 0.6 is 27.3 Å². The van der Waals surface area contributed by atoms with Gasteiger partial charge < -0.3 is 5.11 Å². The van der Waals surface area contributed by atoms with Crippen LogP contribution in [-0.2, 0) is 15.6 Å². The SMILES string of the molecule is O=C(O)c1cc(S(=O)(=O)Cc2cc(Br)cs2)ccc1F. The number of hydrogen-bond donors (Lipinski definition) is 1. The van der Waals surface area contributed by atoms with Crippen LogP contribution in [0.3, 0.4) is 0 Å². The minimum Gasteiger partial charge on any atom is -0.478 e. The van der Waals surface area contributed by atoms with Crippen molar-refractivity contribution >= 4 is 43.1 Å². The molecule has 2 aromatic rings. The van der Waals surface area contributed by atoms with E-state index in [1.54, 1.807) is 11.4 Å². The van der Waals surface area contributed by atoms with Gasteiger partial charge in [-0.1, -0.05) is 0 Å². The monoisotopic (exact) mass is 378 g/mol. The van der Waals surface area contributed by atoms with Crippen molar-refractivity contribution in [3.05, 3.63) is 50.4 Å². The van der Waals surface area contributed by atoms with Crippen LogP contribution in [0, 0.1) is 5.82 Å². The van der Waals surface area contributed by atoms with Gasteiger partial charge in [0.1, 0.15) is 5.82 Å². The van der Waals surface area contributed by atoms with Gasteiger partial charge in [0.2, 0.25) is 0 Å². The topological polar surface area (TPSA) is 71.4 Å². The first-order chi connectivity index (χ1) is 9.29. The number of carbonyl (C=O) groups is 1. The molecule has 0 atom stereocenters. The second kappa shape index (κ2) is 5.63. The van der Waals surface area contributed by atoms with Gasteiger partial charge in [-0.25, -0.2) is 17.6 Å². The molecule has 1 N–H and O–H groups in total. The molecule has 0 radical (unpaired) electrons. The van der Waals surface area contributed by atoms with Crippen LogP contribution in [0.25, 0.3) is 0 Å². The van der Waals surface area contributed by atoms with Gasteiger partial charge in [-0.3, -0.25) is 0 Å². The molecular formula is C12H8BrFO4S2. The quantitative estimate of drug-likeness (QED) is 0.828. The molecule has 0 unspecified atom stereocenters. The summed E-state index contributed by atoms with van der Waals surface area (Å²) in [7, 11) is -3.71. The molecule has 1 aromatic carbocycles. The lowest BCUT2D eigenvalue weighted by molar-refractivity contribution is 0.0691. The zero-order valence-corrected chi connectivity index (χ0v) is 13.1. The number of aromatic carboxylic acids is 1. The summed E-state index contributed by atoms with van der Waals surface area (Å²) >= 11 is 4.49. The summed E-state index contributed by atoms with van der Waals surface area (Å²) in [5.74, 6) is -2.72. The summed E-state index contributed by atoms with van der Waals surface area (Å²) in [6.45, 7) is 0. The van der Waals surface area contributed by atoms with E-state index < -0.39 is 27.2 Å². The molecule has 0 aliphatic carbocycles. The Morgan fingerprint density at radius 3 is 2.60 bits per heavy atom. The van der Waals surface area contributed by atoms with Gasteiger partial charge in [0.15, 0.2) is 9.84 Å². The molecule has 0 aliphatic heterocycles. The lowest BCUT2D eigenvalue weighted by Crippen LogP contribution is -2.07. The fourth-order valence-electron chi connectivity index (χ4n) is 1.56. The Hall–Kier alpha value is -1.25. The number of sulfone groups is 1. The lowest BCUT2D eigenvalue weighted by Gasteiger charge is -2.05. The molecule has 4 nitrogen and oxygen atoms in total. The smallest absolute Gasteiger partial charge is 0.338 e. The van der Waals surface area contributed by atoms with Crippen LogP contribution in [0.1, 0.15) is 15.2 Å². The first-order valence-electron chi connectivity index (χ1n) is 5.28. The van der Waals surface area contributed by atoms with E-state index in [0.717, 1.165) is 22.7 Å². The van der Waals surface area contributed by atoms with E-state index in [0.29, 0.717) is 4.88 Å². The molecule has 0 saturated carbocycles.